The summed E-state index contributed by atoms with van der Waals surface area (Å²) in [4.78, 5) is 38.4. The molecule has 4 aliphatic rings. The molecule has 0 radical (unpaired) electrons. The van der Waals surface area contributed by atoms with Crippen molar-refractivity contribution in [3.8, 4) is 0 Å². The summed E-state index contributed by atoms with van der Waals surface area (Å²) in [5.74, 6) is 0.0472. The molecule has 2 unspecified atom stereocenters. The van der Waals surface area contributed by atoms with Gasteiger partial charge in [0.05, 0.1) is 10.6 Å². The van der Waals surface area contributed by atoms with Gasteiger partial charge in [0, 0.05) is 18.5 Å². The van der Waals surface area contributed by atoms with Gasteiger partial charge in [0.1, 0.15) is 5.69 Å². The Morgan fingerprint density at radius 2 is 1.86 bits per heavy atom. The molecular weight excluding hydrogens is 478 g/mol. The van der Waals surface area contributed by atoms with E-state index in [1.54, 1.807) is 6.08 Å². The molecule has 0 spiro atoms. The van der Waals surface area contributed by atoms with Crippen LogP contribution in [0.3, 0.4) is 0 Å². The second-order valence-electron chi connectivity index (χ2n) is 10.2. The molecular formula is C26H33N5O4S. The van der Waals surface area contributed by atoms with E-state index in [0.29, 0.717) is 48.0 Å². The number of benzene rings is 1. The maximum absolute atomic E-state index is 13.3. The predicted octanol–water partition coefficient (Wildman–Crippen LogP) is 3.73. The van der Waals surface area contributed by atoms with Crippen molar-refractivity contribution in [1.82, 2.24) is 10.6 Å². The van der Waals surface area contributed by atoms with E-state index in [2.05, 4.69) is 16.0 Å². The first kappa shape index (κ1) is 24.6. The van der Waals surface area contributed by atoms with E-state index in [4.69, 9.17) is 5.14 Å². The number of nitro groups is 1. The summed E-state index contributed by atoms with van der Waals surface area (Å²) < 4.78 is 0. The Labute approximate surface area is 213 Å². The zero-order valence-electron chi connectivity index (χ0n) is 20.4. The Morgan fingerprint density at radius 3 is 2.50 bits per heavy atom. The second-order valence-corrected chi connectivity index (χ2v) is 12.0. The quantitative estimate of drug-likeness (QED) is 0.194. The number of aryl methyl sites for hydroxylation is 1. The Morgan fingerprint density at radius 1 is 1.14 bits per heavy atom. The Hall–Kier alpha value is -3.11. The SMILES string of the molecule is Cc1ccc(NC(=CC2CCC3=C(C2)C(C(=O)NCC2CC2)=C(NC(=O)C2CC2)[SH]3N)[N+](=O)[O-])cc1. The van der Waals surface area contributed by atoms with E-state index < -0.39 is 16.0 Å². The van der Waals surface area contributed by atoms with Crippen LogP contribution in [0.5, 0.6) is 0 Å². The first-order valence-electron chi connectivity index (χ1n) is 12.6. The number of anilines is 1. The highest BCUT2D eigenvalue weighted by atomic mass is 32.2. The summed E-state index contributed by atoms with van der Waals surface area (Å²) in [5, 5.41) is 28.0. The number of rotatable bonds is 9. The van der Waals surface area contributed by atoms with Crippen molar-refractivity contribution >= 4 is 28.6 Å². The van der Waals surface area contributed by atoms with Crippen molar-refractivity contribution in [1.29, 1.82) is 0 Å². The third-order valence-electron chi connectivity index (χ3n) is 7.22. The summed E-state index contributed by atoms with van der Waals surface area (Å²) in [6.07, 6.45) is 7.44. The van der Waals surface area contributed by atoms with Gasteiger partial charge in [-0.25, -0.2) is 5.32 Å². The number of nitrogens with one attached hydrogen (secondary N) is 3. The van der Waals surface area contributed by atoms with E-state index in [0.717, 1.165) is 41.7 Å². The van der Waals surface area contributed by atoms with Crippen LogP contribution in [0, 0.1) is 34.8 Å². The summed E-state index contributed by atoms with van der Waals surface area (Å²) in [6, 6.07) is 7.42. The first-order valence-corrected chi connectivity index (χ1v) is 14.0. The number of nitrogens with zero attached hydrogens (tertiary/aromatic N) is 1. The minimum atomic E-state index is -1.30. The maximum Gasteiger partial charge on any atom is 0.317 e. The van der Waals surface area contributed by atoms with Crippen LogP contribution in [-0.4, -0.2) is 23.3 Å². The highest BCUT2D eigenvalue weighted by Gasteiger charge is 2.40. The van der Waals surface area contributed by atoms with E-state index in [1.807, 2.05) is 31.2 Å². The van der Waals surface area contributed by atoms with Crippen LogP contribution >= 0.6 is 11.1 Å². The lowest BCUT2D eigenvalue weighted by Gasteiger charge is -2.25. The molecule has 1 heterocycles. The Bertz CT molecular complexity index is 1180. The number of nitrogens with two attached hydrogens (primary N) is 1. The molecule has 0 aromatic heterocycles. The van der Waals surface area contributed by atoms with Crippen LogP contribution in [0.4, 0.5) is 5.69 Å². The van der Waals surface area contributed by atoms with Crippen molar-refractivity contribution in [2.45, 2.75) is 51.9 Å². The fourth-order valence-electron chi connectivity index (χ4n) is 4.74. The van der Waals surface area contributed by atoms with Crippen molar-refractivity contribution in [3.05, 3.63) is 72.9 Å². The van der Waals surface area contributed by atoms with Crippen molar-refractivity contribution in [3.63, 3.8) is 0 Å². The normalized spacial score (nSPS) is 24.9. The van der Waals surface area contributed by atoms with Gasteiger partial charge in [-0.2, -0.15) is 0 Å². The van der Waals surface area contributed by atoms with Gasteiger partial charge in [0.25, 0.3) is 5.91 Å². The number of carbonyl (C=O) groups excluding carboxylic acids is 2. The van der Waals surface area contributed by atoms with Gasteiger partial charge >= 0.3 is 5.82 Å². The molecule has 1 aromatic carbocycles. The van der Waals surface area contributed by atoms with E-state index in [9.17, 15) is 19.7 Å². The molecule has 36 heavy (non-hydrogen) atoms. The minimum absolute atomic E-state index is 0.000447. The zero-order valence-corrected chi connectivity index (χ0v) is 21.3. The molecule has 5 N–H and O–H groups in total. The topological polar surface area (TPSA) is 139 Å². The Kier molecular flexibility index (Phi) is 6.90. The molecule has 10 heteroatoms. The predicted molar refractivity (Wildman–Crippen MR) is 141 cm³/mol. The molecule has 1 aliphatic heterocycles. The minimum Gasteiger partial charge on any atom is -0.358 e. The molecule has 2 saturated carbocycles. The van der Waals surface area contributed by atoms with Crippen LogP contribution in [-0.2, 0) is 9.59 Å². The number of allylic oxidation sites excluding steroid dienone is 2. The van der Waals surface area contributed by atoms with Crippen LogP contribution in [0.2, 0.25) is 0 Å². The molecule has 2 atom stereocenters. The van der Waals surface area contributed by atoms with Gasteiger partial charge in [-0.3, -0.25) is 14.7 Å². The fraction of sp³-hybridized carbons (Fsp3) is 0.462. The number of carbonyl (C=O) groups is 2. The summed E-state index contributed by atoms with van der Waals surface area (Å²) in [7, 11) is 0. The van der Waals surface area contributed by atoms with E-state index >= 15 is 0 Å². The lowest BCUT2D eigenvalue weighted by molar-refractivity contribution is -0.423. The molecule has 0 bridgehead atoms. The highest BCUT2D eigenvalue weighted by Crippen LogP contribution is 2.54. The van der Waals surface area contributed by atoms with Gasteiger partial charge in [-0.1, -0.05) is 17.7 Å². The van der Waals surface area contributed by atoms with Gasteiger partial charge < -0.3 is 20.7 Å². The molecule has 192 valence electrons. The van der Waals surface area contributed by atoms with Gasteiger partial charge in [0.15, 0.2) is 0 Å². The van der Waals surface area contributed by atoms with Crippen LogP contribution in [0.1, 0.15) is 50.5 Å². The molecule has 2 amide bonds. The van der Waals surface area contributed by atoms with Gasteiger partial charge in [0.2, 0.25) is 5.91 Å². The number of thiol groups is 1. The molecule has 0 saturated heterocycles. The largest absolute Gasteiger partial charge is 0.358 e. The van der Waals surface area contributed by atoms with Crippen molar-refractivity contribution in [2.75, 3.05) is 11.9 Å². The average molecular weight is 512 g/mol. The smallest absolute Gasteiger partial charge is 0.317 e. The number of hydrogen-bond donors (Lipinski definition) is 5. The van der Waals surface area contributed by atoms with Crippen LogP contribution in [0.25, 0.3) is 0 Å². The molecule has 3 aliphatic carbocycles. The molecule has 9 nitrogen and oxygen atoms in total. The lowest BCUT2D eigenvalue weighted by atomic mass is 9.85. The first-order chi connectivity index (χ1) is 17.3. The second kappa shape index (κ2) is 10.1. The van der Waals surface area contributed by atoms with Crippen molar-refractivity contribution < 1.29 is 14.5 Å². The molecule has 5 rings (SSSR count). The van der Waals surface area contributed by atoms with Gasteiger partial charge in [-0.15, -0.1) is 11.1 Å². The van der Waals surface area contributed by atoms with E-state index in [1.165, 1.54) is 0 Å². The maximum atomic E-state index is 13.3. The van der Waals surface area contributed by atoms with Gasteiger partial charge in [-0.05, 0) is 91.2 Å². The molecule has 2 fully saturated rings. The number of hydrogen-bond acceptors (Lipinski definition) is 6. The zero-order chi connectivity index (χ0) is 25.4. The monoisotopic (exact) mass is 511 g/mol. The summed E-state index contributed by atoms with van der Waals surface area (Å²) in [5.41, 5.74) is 3.06. The van der Waals surface area contributed by atoms with E-state index in [-0.39, 0.29) is 29.5 Å². The number of amides is 2. The Balaban J connectivity index is 1.39. The third-order valence-corrected chi connectivity index (χ3v) is 9.11. The summed E-state index contributed by atoms with van der Waals surface area (Å²) >= 11 is -1.30. The fourth-order valence-corrected chi connectivity index (χ4v) is 6.58. The molecule has 1 aromatic rings. The van der Waals surface area contributed by atoms with Crippen LogP contribution < -0.4 is 21.1 Å². The highest BCUT2D eigenvalue weighted by molar-refractivity contribution is 8.22. The standard InChI is InChI=1S/C26H33N5O4S/c1-15-2-9-19(10-3-15)29-22(31(34)35)13-17-6-11-21-20(12-17)23(25(33)28-14-16-4-5-16)26(36(21)27)30-24(32)18-7-8-18/h2-3,9-10,13,16-18,29,36H,4-8,11-12,14,27H2,1H3,(H,28,33)(H,30,32). The van der Waals surface area contributed by atoms with Crippen LogP contribution in [0.15, 0.2) is 57.2 Å². The lowest BCUT2D eigenvalue weighted by Crippen LogP contribution is -2.32. The third kappa shape index (κ3) is 5.49. The summed E-state index contributed by atoms with van der Waals surface area (Å²) in [6.45, 7) is 2.58. The van der Waals surface area contributed by atoms with Crippen molar-refractivity contribution in [2.24, 2.45) is 22.9 Å². The average Bonchev–Trinajstić information content (AvgIpc) is 3.77.